The van der Waals surface area contributed by atoms with E-state index >= 15 is 0 Å². The maximum atomic E-state index is 5.10. The molecule has 1 heterocycles. The Morgan fingerprint density at radius 2 is 1.86 bits per heavy atom. The molecule has 0 aromatic carbocycles. The molecule has 1 N–H and O–H groups in total. The van der Waals surface area contributed by atoms with Crippen molar-refractivity contribution in [1.29, 1.82) is 0 Å². The smallest absolute Gasteiger partial charge is 0.0669 e. The van der Waals surface area contributed by atoms with Crippen LogP contribution in [0, 0.1) is 5.92 Å². The molecule has 0 aliphatic carbocycles. The van der Waals surface area contributed by atoms with Crippen LogP contribution in [0.3, 0.4) is 0 Å². The molecule has 1 rings (SSSR count). The van der Waals surface area contributed by atoms with Gasteiger partial charge < -0.3 is 10.1 Å². The van der Waals surface area contributed by atoms with E-state index in [4.69, 9.17) is 9.84 Å². The number of nitrogens with one attached hydrogen (secondary N) is 1. The van der Waals surface area contributed by atoms with Crippen LogP contribution >= 0.6 is 0 Å². The van der Waals surface area contributed by atoms with Gasteiger partial charge in [-0.15, -0.1) is 0 Å². The van der Waals surface area contributed by atoms with Crippen LogP contribution in [0.25, 0.3) is 0 Å². The van der Waals surface area contributed by atoms with Gasteiger partial charge in [0.1, 0.15) is 0 Å². The lowest BCUT2D eigenvalue weighted by atomic mass is 10.0. The molecule has 0 radical (unpaired) electrons. The molecule has 1 aromatic heterocycles. The van der Waals surface area contributed by atoms with Crippen LogP contribution in [-0.2, 0) is 30.7 Å². The quantitative estimate of drug-likeness (QED) is 0.637. The summed E-state index contributed by atoms with van der Waals surface area (Å²) in [5.41, 5.74) is 4.06. The molecule has 0 fully saturated rings. The number of hydrogen-bond donors (Lipinski definition) is 1. The van der Waals surface area contributed by atoms with Crippen molar-refractivity contribution in [3.05, 3.63) is 17.0 Å². The highest BCUT2D eigenvalue weighted by Gasteiger charge is 2.16. The van der Waals surface area contributed by atoms with Gasteiger partial charge in [0.15, 0.2) is 0 Å². The molecule has 4 heteroatoms. The largest absolute Gasteiger partial charge is 0.383 e. The fourth-order valence-electron chi connectivity index (χ4n) is 2.80. The summed E-state index contributed by atoms with van der Waals surface area (Å²) in [4.78, 5) is 0. The molecule has 21 heavy (non-hydrogen) atoms. The van der Waals surface area contributed by atoms with Crippen LogP contribution in [-0.4, -0.2) is 30.0 Å². The number of hydrogen-bond acceptors (Lipinski definition) is 3. The van der Waals surface area contributed by atoms with E-state index in [1.54, 1.807) is 7.11 Å². The van der Waals surface area contributed by atoms with E-state index in [0.29, 0.717) is 0 Å². The number of ether oxygens (including phenoxy) is 1. The van der Waals surface area contributed by atoms with E-state index in [0.717, 1.165) is 45.0 Å². The number of rotatable bonds is 11. The molecular formula is C17H33N3O. The second-order valence-electron chi connectivity index (χ2n) is 5.61. The summed E-state index contributed by atoms with van der Waals surface area (Å²) in [5, 5.41) is 8.35. The van der Waals surface area contributed by atoms with Gasteiger partial charge in [0.05, 0.1) is 12.3 Å². The molecule has 122 valence electrons. The van der Waals surface area contributed by atoms with Gasteiger partial charge in [-0.25, -0.2) is 0 Å². The fourth-order valence-corrected chi connectivity index (χ4v) is 2.80. The lowest BCUT2D eigenvalue weighted by Crippen LogP contribution is -2.20. The first-order valence-corrected chi connectivity index (χ1v) is 8.48. The van der Waals surface area contributed by atoms with Crippen molar-refractivity contribution in [2.75, 3.05) is 20.3 Å². The third-order valence-electron chi connectivity index (χ3n) is 4.29. The fraction of sp³-hybridized carbons (Fsp3) is 0.824. The summed E-state index contributed by atoms with van der Waals surface area (Å²) in [6.07, 6.45) is 4.50. The average molecular weight is 295 g/mol. The Kier molecular flexibility index (Phi) is 8.62. The number of nitrogens with zero attached hydrogens (tertiary/aromatic N) is 2. The van der Waals surface area contributed by atoms with E-state index in [-0.39, 0.29) is 0 Å². The van der Waals surface area contributed by atoms with Crippen LogP contribution in [0.2, 0.25) is 0 Å². The molecule has 0 bridgehead atoms. The predicted octanol–water partition coefficient (Wildman–Crippen LogP) is 3.18. The average Bonchev–Trinajstić information content (AvgIpc) is 2.85. The second-order valence-corrected chi connectivity index (χ2v) is 5.61. The van der Waals surface area contributed by atoms with Crippen molar-refractivity contribution in [3.63, 3.8) is 0 Å². The highest BCUT2D eigenvalue weighted by molar-refractivity contribution is 5.26. The highest BCUT2D eigenvalue weighted by atomic mass is 16.5. The Hall–Kier alpha value is -0.870. The zero-order chi connectivity index (χ0) is 15.7. The van der Waals surface area contributed by atoms with E-state index in [9.17, 15) is 0 Å². The van der Waals surface area contributed by atoms with E-state index in [2.05, 4.69) is 37.7 Å². The first-order valence-electron chi connectivity index (χ1n) is 8.48. The first kappa shape index (κ1) is 18.2. The summed E-state index contributed by atoms with van der Waals surface area (Å²) in [6, 6.07) is 0. The van der Waals surface area contributed by atoms with Crippen LogP contribution < -0.4 is 5.32 Å². The standard InChI is InChI=1S/C17H33N3O/c1-6-14(7-2)13-20-17(9-4)15(16(8-3)19-20)12-18-10-11-21-5/h14,18H,6-13H2,1-5H3. The Morgan fingerprint density at radius 1 is 1.14 bits per heavy atom. The SMILES string of the molecule is CCc1nn(CC(CC)CC)c(CC)c1CNCCOC. The van der Waals surface area contributed by atoms with Gasteiger partial charge in [-0.2, -0.15) is 5.10 Å². The Bertz CT molecular complexity index is 397. The van der Waals surface area contributed by atoms with E-state index in [1.807, 2.05) is 0 Å². The molecular weight excluding hydrogens is 262 g/mol. The Morgan fingerprint density at radius 3 is 2.38 bits per heavy atom. The van der Waals surface area contributed by atoms with E-state index < -0.39 is 0 Å². The van der Waals surface area contributed by atoms with Crippen LogP contribution in [0.4, 0.5) is 0 Å². The summed E-state index contributed by atoms with van der Waals surface area (Å²) in [6.45, 7) is 12.6. The molecule has 0 atom stereocenters. The lowest BCUT2D eigenvalue weighted by Gasteiger charge is -2.15. The number of methoxy groups -OCH3 is 1. The summed E-state index contributed by atoms with van der Waals surface area (Å²) >= 11 is 0. The van der Waals surface area contributed by atoms with Crippen molar-refractivity contribution < 1.29 is 4.74 Å². The van der Waals surface area contributed by atoms with Crippen LogP contribution in [0.5, 0.6) is 0 Å². The van der Waals surface area contributed by atoms with Crippen molar-refractivity contribution in [1.82, 2.24) is 15.1 Å². The lowest BCUT2D eigenvalue weighted by molar-refractivity contribution is 0.199. The molecule has 1 aromatic rings. The minimum Gasteiger partial charge on any atom is -0.383 e. The van der Waals surface area contributed by atoms with Gasteiger partial charge in [0.25, 0.3) is 0 Å². The summed E-state index contributed by atoms with van der Waals surface area (Å²) in [7, 11) is 1.74. The Labute approximate surface area is 130 Å². The van der Waals surface area contributed by atoms with Gasteiger partial charge >= 0.3 is 0 Å². The van der Waals surface area contributed by atoms with Gasteiger partial charge in [0, 0.05) is 38.0 Å². The van der Waals surface area contributed by atoms with Gasteiger partial charge in [0.2, 0.25) is 0 Å². The minimum absolute atomic E-state index is 0.731. The van der Waals surface area contributed by atoms with Crippen molar-refractivity contribution in [2.45, 2.75) is 66.5 Å². The normalized spacial score (nSPS) is 11.5. The zero-order valence-electron chi connectivity index (χ0n) is 14.5. The minimum atomic E-state index is 0.731. The van der Waals surface area contributed by atoms with Gasteiger partial charge in [-0.1, -0.05) is 40.5 Å². The van der Waals surface area contributed by atoms with E-state index in [1.165, 1.54) is 29.8 Å². The van der Waals surface area contributed by atoms with Crippen molar-refractivity contribution in [3.8, 4) is 0 Å². The second kappa shape index (κ2) is 9.96. The zero-order valence-corrected chi connectivity index (χ0v) is 14.5. The monoisotopic (exact) mass is 295 g/mol. The highest BCUT2D eigenvalue weighted by Crippen LogP contribution is 2.19. The summed E-state index contributed by atoms with van der Waals surface area (Å²) < 4.78 is 7.36. The van der Waals surface area contributed by atoms with Gasteiger partial charge in [-0.3, -0.25) is 4.68 Å². The first-order chi connectivity index (χ1) is 10.2. The number of aryl methyl sites for hydroxylation is 1. The Balaban J connectivity index is 2.86. The van der Waals surface area contributed by atoms with Crippen molar-refractivity contribution >= 4 is 0 Å². The number of aromatic nitrogens is 2. The summed E-state index contributed by atoms with van der Waals surface area (Å²) in [5.74, 6) is 0.731. The topological polar surface area (TPSA) is 39.1 Å². The van der Waals surface area contributed by atoms with Crippen molar-refractivity contribution in [2.24, 2.45) is 5.92 Å². The molecule has 0 spiro atoms. The molecule has 0 saturated heterocycles. The molecule has 4 nitrogen and oxygen atoms in total. The predicted molar refractivity (Wildman–Crippen MR) is 88.6 cm³/mol. The maximum absolute atomic E-state index is 5.10. The van der Waals surface area contributed by atoms with Crippen LogP contribution in [0.15, 0.2) is 0 Å². The molecule has 0 aliphatic rings. The molecule has 0 unspecified atom stereocenters. The van der Waals surface area contributed by atoms with Gasteiger partial charge in [-0.05, 0) is 18.8 Å². The third-order valence-corrected chi connectivity index (χ3v) is 4.29. The molecule has 0 saturated carbocycles. The molecule has 0 aliphatic heterocycles. The van der Waals surface area contributed by atoms with Crippen LogP contribution in [0.1, 0.15) is 57.5 Å². The molecule has 0 amide bonds. The third kappa shape index (κ3) is 5.11. The maximum Gasteiger partial charge on any atom is 0.0669 e.